The molecule has 15 nitrogen and oxygen atoms in total. The molecule has 0 aromatic heterocycles. The minimum atomic E-state index is -3.94. The number of halogens is 1. The van der Waals surface area contributed by atoms with Gasteiger partial charge in [-0.25, -0.2) is 18.0 Å². The number of sulfonamides is 1. The van der Waals surface area contributed by atoms with Gasteiger partial charge in [-0.2, -0.15) is 4.31 Å². The third kappa shape index (κ3) is 11.7. The molecule has 2 aromatic carbocycles. The number of ether oxygens (including phenoxy) is 4. The number of nitrogens with zero attached hydrogens (tertiary/aromatic N) is 2. The second-order valence-electron chi connectivity index (χ2n) is 12.2. The molecule has 17 heteroatoms. The number of carbonyl (C=O) groups is 2. The summed E-state index contributed by atoms with van der Waals surface area (Å²) in [5.41, 5.74) is -0.618. The zero-order valence-corrected chi connectivity index (χ0v) is 31.4. The molecule has 0 radical (unpaired) electrons. The first-order chi connectivity index (χ1) is 23.5. The molecule has 0 saturated heterocycles. The number of esters is 2. The lowest BCUT2D eigenvalue weighted by Gasteiger charge is -2.36. The maximum atomic E-state index is 13.7. The molecule has 51 heavy (non-hydrogen) atoms. The first-order valence-corrected chi connectivity index (χ1v) is 17.8. The van der Waals surface area contributed by atoms with Crippen molar-refractivity contribution in [3.63, 3.8) is 0 Å². The van der Waals surface area contributed by atoms with Crippen LogP contribution in [0.25, 0.3) is 0 Å². The molecular weight excluding hydrogens is 708 g/mol. The Bertz CT molecular complexity index is 1730. The number of aliphatic hydroxyl groups excluding tert-OH is 1. The number of para-hydroxylation sites is 2. The van der Waals surface area contributed by atoms with Crippen LogP contribution in [0.3, 0.4) is 0 Å². The van der Waals surface area contributed by atoms with Crippen molar-refractivity contribution in [2.75, 3.05) is 52.8 Å². The topological polar surface area (TPSA) is 196 Å². The predicted octanol–water partition coefficient (Wildman–Crippen LogP) is 3.44. The Hall–Kier alpha value is -4.22. The number of methoxy groups -OCH3 is 1. The van der Waals surface area contributed by atoms with Gasteiger partial charge in [0, 0.05) is 42.2 Å². The summed E-state index contributed by atoms with van der Waals surface area (Å²) in [5.74, 6) is -1.81. The van der Waals surface area contributed by atoms with E-state index in [0.717, 1.165) is 10.6 Å². The van der Waals surface area contributed by atoms with Gasteiger partial charge in [0.25, 0.3) is 5.69 Å². The Morgan fingerprint density at radius 2 is 1.67 bits per heavy atom. The van der Waals surface area contributed by atoms with Gasteiger partial charge in [0.2, 0.25) is 10.0 Å². The van der Waals surface area contributed by atoms with E-state index < -0.39 is 44.4 Å². The molecule has 1 aliphatic heterocycles. The van der Waals surface area contributed by atoms with Gasteiger partial charge in [0.15, 0.2) is 11.5 Å². The lowest BCUT2D eigenvalue weighted by Crippen LogP contribution is -2.53. The van der Waals surface area contributed by atoms with Gasteiger partial charge in [0.1, 0.15) is 12.7 Å². The highest BCUT2D eigenvalue weighted by Crippen LogP contribution is 2.40. The highest BCUT2D eigenvalue weighted by molar-refractivity contribution is 7.88. The average molecular weight is 755 g/mol. The fourth-order valence-electron chi connectivity index (χ4n) is 5.44. The van der Waals surface area contributed by atoms with E-state index in [1.54, 1.807) is 58.9 Å². The number of aliphatic hydroxyl groups is 1. The molecular formula is C34H47ClN4O11S. The summed E-state index contributed by atoms with van der Waals surface area (Å²) in [6, 6.07) is 12.5. The van der Waals surface area contributed by atoms with Crippen molar-refractivity contribution in [1.82, 2.24) is 14.9 Å². The molecule has 0 bridgehead atoms. The number of benzene rings is 2. The number of nitro benzene ring substituents is 1. The predicted molar refractivity (Wildman–Crippen MR) is 192 cm³/mol. The maximum Gasteiger partial charge on any atom is 0.336 e. The van der Waals surface area contributed by atoms with Crippen LogP contribution in [0.2, 0.25) is 0 Å². The van der Waals surface area contributed by atoms with Crippen LogP contribution >= 0.6 is 12.4 Å². The van der Waals surface area contributed by atoms with E-state index in [0.29, 0.717) is 11.5 Å². The van der Waals surface area contributed by atoms with Crippen LogP contribution in [-0.4, -0.2) is 99.2 Å². The van der Waals surface area contributed by atoms with Gasteiger partial charge in [0.05, 0.1) is 55.1 Å². The van der Waals surface area contributed by atoms with Crippen molar-refractivity contribution in [2.24, 2.45) is 0 Å². The van der Waals surface area contributed by atoms with Crippen LogP contribution in [0.4, 0.5) is 5.69 Å². The smallest absolute Gasteiger partial charge is 0.336 e. The number of rotatable bonds is 18. The van der Waals surface area contributed by atoms with Crippen LogP contribution < -0.4 is 20.1 Å². The molecule has 2 atom stereocenters. The minimum absolute atomic E-state index is 0. The first kappa shape index (κ1) is 42.9. The highest BCUT2D eigenvalue weighted by Gasteiger charge is 2.41. The summed E-state index contributed by atoms with van der Waals surface area (Å²) in [4.78, 5) is 38.1. The zero-order chi connectivity index (χ0) is 37.2. The molecule has 0 fully saturated rings. The molecule has 0 aliphatic carbocycles. The SMILES string of the molecule is CCOC(=O)C1=C(C)NC(CN(CC(C)(C)NCC(O)COc2ccccc2OC)S(C)(=O)=O)=C(C(=O)OCC)C1c1cccc([N+](=O)[O-])c1.Cl. The van der Waals surface area contributed by atoms with Crippen molar-refractivity contribution < 1.29 is 47.0 Å². The summed E-state index contributed by atoms with van der Waals surface area (Å²) in [6.45, 7) is 7.80. The van der Waals surface area contributed by atoms with Crippen LogP contribution in [0, 0.1) is 10.1 Å². The van der Waals surface area contributed by atoms with Crippen LogP contribution in [0.15, 0.2) is 71.1 Å². The van der Waals surface area contributed by atoms with Gasteiger partial charge < -0.3 is 34.7 Å². The van der Waals surface area contributed by atoms with Crippen LogP contribution in [0.5, 0.6) is 11.5 Å². The van der Waals surface area contributed by atoms with Crippen molar-refractivity contribution in [2.45, 2.75) is 52.2 Å². The number of hydrogen-bond acceptors (Lipinski definition) is 13. The third-order valence-corrected chi connectivity index (χ3v) is 8.94. The van der Waals surface area contributed by atoms with E-state index in [4.69, 9.17) is 18.9 Å². The van der Waals surface area contributed by atoms with Gasteiger partial charge in [-0.15, -0.1) is 12.4 Å². The van der Waals surface area contributed by atoms with E-state index in [1.807, 2.05) is 0 Å². The minimum Gasteiger partial charge on any atom is -0.493 e. The van der Waals surface area contributed by atoms with Gasteiger partial charge >= 0.3 is 11.9 Å². The number of nitro groups is 1. The average Bonchev–Trinajstić information content (AvgIpc) is 3.05. The molecule has 3 rings (SSSR count). The lowest BCUT2D eigenvalue weighted by atomic mass is 9.80. The molecule has 2 aromatic rings. The highest BCUT2D eigenvalue weighted by atomic mass is 35.5. The van der Waals surface area contributed by atoms with Crippen LogP contribution in [-0.2, 0) is 29.1 Å². The van der Waals surface area contributed by atoms with E-state index in [-0.39, 0.29) is 85.7 Å². The normalized spacial score (nSPS) is 15.4. The van der Waals surface area contributed by atoms with E-state index in [9.17, 15) is 33.2 Å². The lowest BCUT2D eigenvalue weighted by molar-refractivity contribution is -0.384. The molecule has 0 spiro atoms. The fraction of sp³-hybridized carbons (Fsp3) is 0.471. The van der Waals surface area contributed by atoms with Crippen molar-refractivity contribution >= 4 is 40.1 Å². The number of β-amino-alcohol motifs (C(OH)–C–C–N with tert-alkyl or cyclic N) is 1. The maximum absolute atomic E-state index is 13.7. The zero-order valence-electron chi connectivity index (χ0n) is 29.8. The number of hydrogen-bond donors (Lipinski definition) is 3. The molecule has 1 aliphatic rings. The molecule has 0 amide bonds. The number of dihydropyridines is 1. The largest absolute Gasteiger partial charge is 0.493 e. The van der Waals surface area contributed by atoms with Crippen molar-refractivity contribution in [3.05, 3.63) is 86.7 Å². The molecule has 1 heterocycles. The van der Waals surface area contributed by atoms with E-state index in [1.165, 1.54) is 31.4 Å². The standard InChI is InChI=1S/C34H46N4O11S.ClH/c1-8-47-32(40)29-22(3)36-26(31(33(41)48-9-2)30(29)23-13-12-14-24(17-23)38(42)43)19-37(50(7,44)45)21-34(4,5)35-18-25(39)20-49-28-16-11-10-15-27(28)46-6;/h10-17,25,30,35-36,39H,8-9,18-21H2,1-7H3;1H. The van der Waals surface area contributed by atoms with E-state index in [2.05, 4.69) is 10.6 Å². The molecule has 282 valence electrons. The van der Waals surface area contributed by atoms with Crippen molar-refractivity contribution in [3.8, 4) is 11.5 Å². The Morgan fingerprint density at radius 3 is 2.24 bits per heavy atom. The second kappa shape index (κ2) is 18.9. The summed E-state index contributed by atoms with van der Waals surface area (Å²) in [7, 11) is -2.43. The summed E-state index contributed by atoms with van der Waals surface area (Å²) < 4.78 is 49.3. The molecule has 0 saturated carbocycles. The molecule has 2 unspecified atom stereocenters. The number of carbonyl (C=O) groups excluding carboxylic acids is 2. The summed E-state index contributed by atoms with van der Waals surface area (Å²) in [5, 5.41) is 28.6. The van der Waals surface area contributed by atoms with Crippen molar-refractivity contribution in [1.29, 1.82) is 0 Å². The second-order valence-corrected chi connectivity index (χ2v) is 14.2. The van der Waals surface area contributed by atoms with Crippen LogP contribution in [0.1, 0.15) is 46.1 Å². The molecule has 3 N–H and O–H groups in total. The number of nitrogens with one attached hydrogen (secondary N) is 2. The summed E-state index contributed by atoms with van der Waals surface area (Å²) >= 11 is 0. The fourth-order valence-corrected chi connectivity index (χ4v) is 6.36. The van der Waals surface area contributed by atoms with E-state index >= 15 is 0 Å². The first-order valence-electron chi connectivity index (χ1n) is 16.0. The third-order valence-electron chi connectivity index (χ3n) is 7.74. The Balaban J connectivity index is 0.00000901. The summed E-state index contributed by atoms with van der Waals surface area (Å²) in [6.07, 6.45) is 0.0609. The van der Waals surface area contributed by atoms with Gasteiger partial charge in [-0.05, 0) is 52.3 Å². The Labute approximate surface area is 304 Å². The Morgan fingerprint density at radius 1 is 1.06 bits per heavy atom. The number of non-ortho nitro benzene ring substituents is 1. The Kier molecular flexibility index (Phi) is 15.9. The number of allylic oxidation sites excluding steroid dienone is 1. The monoisotopic (exact) mass is 754 g/mol. The van der Waals surface area contributed by atoms with Gasteiger partial charge in [-0.1, -0.05) is 24.3 Å². The van der Waals surface area contributed by atoms with Gasteiger partial charge in [-0.3, -0.25) is 10.1 Å². The quantitative estimate of drug-likeness (QED) is 0.114.